The van der Waals surface area contributed by atoms with Crippen molar-refractivity contribution >= 4 is 17.6 Å². The Bertz CT molecular complexity index is 310. The van der Waals surface area contributed by atoms with Gasteiger partial charge in [0.25, 0.3) is 0 Å². The average Bonchev–Trinajstić information content (AvgIpc) is 2.70. The van der Waals surface area contributed by atoms with Gasteiger partial charge in [-0.2, -0.15) is 11.3 Å². The van der Waals surface area contributed by atoms with Crippen molar-refractivity contribution in [2.24, 2.45) is 5.41 Å². The van der Waals surface area contributed by atoms with Gasteiger partial charge in [-0.15, -0.1) is 0 Å². The Kier molecular flexibility index (Phi) is 5.16. The first-order chi connectivity index (χ1) is 7.59. The second kappa shape index (κ2) is 6.16. The molecule has 0 aliphatic rings. The molecule has 1 aromatic heterocycles. The van der Waals surface area contributed by atoms with Gasteiger partial charge in [-0.1, -0.05) is 20.3 Å². The molecule has 0 aromatic carbocycles. The molecule has 0 aliphatic heterocycles. The molecule has 1 aromatic rings. The Morgan fingerprint density at radius 1 is 1.56 bits per heavy atom. The summed E-state index contributed by atoms with van der Waals surface area (Å²) in [4.78, 5) is 13.4. The highest BCUT2D eigenvalue weighted by Crippen LogP contribution is 2.22. The Hall–Kier alpha value is -0.670. The van der Waals surface area contributed by atoms with Gasteiger partial charge in [0.1, 0.15) is 6.29 Å². The minimum absolute atomic E-state index is 0.195. The monoisotopic (exact) mass is 239 g/mol. The van der Waals surface area contributed by atoms with Gasteiger partial charge < -0.3 is 9.69 Å². The molecule has 0 spiro atoms. The van der Waals surface area contributed by atoms with Gasteiger partial charge in [-0.25, -0.2) is 0 Å². The molecule has 0 saturated heterocycles. The molecule has 1 heterocycles. The van der Waals surface area contributed by atoms with Crippen LogP contribution in [0.1, 0.15) is 32.3 Å². The van der Waals surface area contributed by atoms with Gasteiger partial charge >= 0.3 is 0 Å². The van der Waals surface area contributed by atoms with E-state index in [0.29, 0.717) is 0 Å². The van der Waals surface area contributed by atoms with Crippen LogP contribution in [0.3, 0.4) is 0 Å². The zero-order valence-electron chi connectivity index (χ0n) is 10.4. The molecule has 1 atom stereocenters. The third-order valence-corrected chi connectivity index (χ3v) is 3.50. The predicted molar refractivity (Wildman–Crippen MR) is 69.7 cm³/mol. The van der Waals surface area contributed by atoms with Crippen LogP contribution in [-0.2, 0) is 11.3 Å². The zero-order valence-corrected chi connectivity index (χ0v) is 11.2. The molecule has 0 saturated carbocycles. The van der Waals surface area contributed by atoms with Crippen LogP contribution in [0.15, 0.2) is 16.8 Å². The van der Waals surface area contributed by atoms with Crippen molar-refractivity contribution in [2.75, 3.05) is 13.6 Å². The van der Waals surface area contributed by atoms with Crippen LogP contribution in [0.4, 0.5) is 0 Å². The fourth-order valence-electron chi connectivity index (χ4n) is 2.11. The van der Waals surface area contributed by atoms with E-state index < -0.39 is 0 Å². The molecule has 0 fully saturated rings. The largest absolute Gasteiger partial charge is 0.303 e. The summed E-state index contributed by atoms with van der Waals surface area (Å²) in [6.45, 7) is 5.94. The van der Waals surface area contributed by atoms with E-state index in [-0.39, 0.29) is 5.41 Å². The Balaban J connectivity index is 2.48. The smallest absolute Gasteiger partial charge is 0.127 e. The van der Waals surface area contributed by atoms with Crippen LogP contribution in [0, 0.1) is 5.41 Å². The lowest BCUT2D eigenvalue weighted by Crippen LogP contribution is -2.34. The molecule has 90 valence electrons. The van der Waals surface area contributed by atoms with E-state index in [4.69, 9.17) is 0 Å². The van der Waals surface area contributed by atoms with Gasteiger partial charge in [0.2, 0.25) is 0 Å². The Morgan fingerprint density at radius 2 is 2.31 bits per heavy atom. The molecular formula is C13H21NOS. The first-order valence-electron chi connectivity index (χ1n) is 5.75. The van der Waals surface area contributed by atoms with Gasteiger partial charge in [-0.05, 0) is 35.9 Å². The van der Waals surface area contributed by atoms with Crippen LogP contribution in [0.5, 0.6) is 0 Å². The lowest BCUT2D eigenvalue weighted by molar-refractivity contribution is -0.116. The second-order valence-corrected chi connectivity index (χ2v) is 5.61. The Labute approximate surface area is 102 Å². The highest BCUT2D eigenvalue weighted by Gasteiger charge is 2.24. The third kappa shape index (κ3) is 4.06. The molecular weight excluding hydrogens is 218 g/mol. The maximum atomic E-state index is 11.1. The fourth-order valence-corrected chi connectivity index (χ4v) is 2.77. The van der Waals surface area contributed by atoms with Crippen molar-refractivity contribution < 1.29 is 4.79 Å². The fraction of sp³-hybridized carbons (Fsp3) is 0.615. The molecule has 2 nitrogen and oxygen atoms in total. The molecule has 0 amide bonds. The highest BCUT2D eigenvalue weighted by molar-refractivity contribution is 7.07. The normalized spacial score (nSPS) is 15.0. The molecule has 0 radical (unpaired) electrons. The molecule has 0 bridgehead atoms. The summed E-state index contributed by atoms with van der Waals surface area (Å²) in [6.07, 6.45) is 3.13. The molecule has 1 rings (SSSR count). The first kappa shape index (κ1) is 13.4. The summed E-state index contributed by atoms with van der Waals surface area (Å²) in [5, 5.41) is 4.25. The molecule has 16 heavy (non-hydrogen) atoms. The average molecular weight is 239 g/mol. The Morgan fingerprint density at radius 3 is 2.81 bits per heavy atom. The van der Waals surface area contributed by atoms with Crippen molar-refractivity contribution in [3.8, 4) is 0 Å². The van der Waals surface area contributed by atoms with E-state index in [9.17, 15) is 4.79 Å². The van der Waals surface area contributed by atoms with Crippen molar-refractivity contribution in [1.29, 1.82) is 0 Å². The first-order valence-corrected chi connectivity index (χ1v) is 6.70. The van der Waals surface area contributed by atoms with E-state index in [1.165, 1.54) is 5.56 Å². The third-order valence-electron chi connectivity index (χ3n) is 2.77. The quantitative estimate of drug-likeness (QED) is 0.681. The highest BCUT2D eigenvalue weighted by atomic mass is 32.1. The molecule has 3 heteroatoms. The van der Waals surface area contributed by atoms with E-state index in [0.717, 1.165) is 32.2 Å². The minimum Gasteiger partial charge on any atom is -0.303 e. The second-order valence-electron chi connectivity index (χ2n) is 4.83. The van der Waals surface area contributed by atoms with Gasteiger partial charge in [0.15, 0.2) is 0 Å². The van der Waals surface area contributed by atoms with Crippen LogP contribution < -0.4 is 0 Å². The lowest BCUT2D eigenvalue weighted by Gasteiger charge is -2.28. The van der Waals surface area contributed by atoms with E-state index in [2.05, 4.69) is 35.7 Å². The standard InChI is InChI=1S/C13H21NOS/c1-4-6-13(2,11-15)10-14(3)8-12-5-7-16-9-12/h5,7,9,11H,4,6,8,10H2,1-3H3. The molecule has 1 unspecified atom stereocenters. The number of hydrogen-bond donors (Lipinski definition) is 0. The number of nitrogens with zero attached hydrogens (tertiary/aromatic N) is 1. The van der Waals surface area contributed by atoms with Crippen molar-refractivity contribution in [2.45, 2.75) is 33.2 Å². The topological polar surface area (TPSA) is 20.3 Å². The van der Waals surface area contributed by atoms with Gasteiger partial charge in [-0.3, -0.25) is 0 Å². The summed E-state index contributed by atoms with van der Waals surface area (Å²) < 4.78 is 0. The number of rotatable bonds is 7. The molecule has 0 N–H and O–H groups in total. The summed E-state index contributed by atoms with van der Waals surface area (Å²) in [5.74, 6) is 0. The molecule has 0 aliphatic carbocycles. The van der Waals surface area contributed by atoms with Gasteiger partial charge in [0, 0.05) is 18.5 Å². The summed E-state index contributed by atoms with van der Waals surface area (Å²) in [7, 11) is 2.08. The van der Waals surface area contributed by atoms with Gasteiger partial charge in [0.05, 0.1) is 0 Å². The van der Waals surface area contributed by atoms with Crippen LogP contribution >= 0.6 is 11.3 Å². The van der Waals surface area contributed by atoms with Crippen molar-refractivity contribution in [1.82, 2.24) is 4.90 Å². The van der Waals surface area contributed by atoms with Crippen LogP contribution in [-0.4, -0.2) is 24.8 Å². The predicted octanol–water partition coefficient (Wildman–Crippen LogP) is 3.19. The minimum atomic E-state index is -0.195. The number of carbonyl (C=O) groups is 1. The maximum Gasteiger partial charge on any atom is 0.127 e. The number of thiophene rings is 1. The number of carbonyl (C=O) groups excluding carboxylic acids is 1. The summed E-state index contributed by atoms with van der Waals surface area (Å²) in [5.41, 5.74) is 1.14. The van der Waals surface area contributed by atoms with Crippen LogP contribution in [0.25, 0.3) is 0 Å². The SMILES string of the molecule is CCCC(C)(C=O)CN(C)Cc1ccsc1. The maximum absolute atomic E-state index is 11.1. The van der Waals surface area contributed by atoms with E-state index >= 15 is 0 Å². The van der Waals surface area contributed by atoms with Crippen molar-refractivity contribution in [3.05, 3.63) is 22.4 Å². The lowest BCUT2D eigenvalue weighted by atomic mass is 9.87. The zero-order chi connectivity index (χ0) is 12.0. The van der Waals surface area contributed by atoms with Crippen molar-refractivity contribution in [3.63, 3.8) is 0 Å². The van der Waals surface area contributed by atoms with Crippen LogP contribution in [0.2, 0.25) is 0 Å². The number of aldehydes is 1. The summed E-state index contributed by atoms with van der Waals surface area (Å²) in [6, 6.07) is 2.14. The number of hydrogen-bond acceptors (Lipinski definition) is 3. The van der Waals surface area contributed by atoms with E-state index in [1.54, 1.807) is 11.3 Å². The van der Waals surface area contributed by atoms with E-state index in [1.807, 2.05) is 6.92 Å². The summed E-state index contributed by atoms with van der Waals surface area (Å²) >= 11 is 1.72.